The molecule has 3 nitrogen and oxygen atoms in total. The summed E-state index contributed by atoms with van der Waals surface area (Å²) in [5, 5.41) is 0. The van der Waals surface area contributed by atoms with Gasteiger partial charge in [-0.15, -0.1) is 0 Å². The standard InChI is InChI=1S/C15H23NO2S/c1-3-9-16-10-5-7-14(12-16)13-6-4-8-15(11-13)19(2,17)18/h4,6,8,11,14H,3,5,7,9-10,12H2,1-2H3/t14-/m0/s1/i2D3,4D,6D,8D,9D2,11D. The van der Waals surface area contributed by atoms with Gasteiger partial charge in [-0.2, -0.15) is 0 Å². The molecule has 0 aromatic heterocycles. The second kappa shape index (κ2) is 6.06. The van der Waals surface area contributed by atoms with Crippen LogP contribution in [0, 0.1) is 0 Å². The van der Waals surface area contributed by atoms with Gasteiger partial charge >= 0.3 is 0 Å². The Bertz CT molecular complexity index is 867. The third-order valence-corrected chi connectivity index (χ3v) is 3.84. The Kier molecular flexibility index (Phi) is 2.14. The average Bonchev–Trinajstić information content (AvgIpc) is 2.59. The van der Waals surface area contributed by atoms with E-state index in [9.17, 15) is 8.42 Å². The number of sulfone groups is 1. The normalized spacial score (nSPS) is 29.7. The van der Waals surface area contributed by atoms with E-state index in [2.05, 4.69) is 0 Å². The predicted octanol–water partition coefficient (Wildman–Crippen LogP) is 2.68. The van der Waals surface area contributed by atoms with Crippen molar-refractivity contribution in [1.29, 1.82) is 0 Å². The van der Waals surface area contributed by atoms with E-state index in [0.29, 0.717) is 19.4 Å². The molecule has 4 heteroatoms. The smallest absolute Gasteiger partial charge is 0.175 e. The molecular formula is C15H23NO2S. The molecule has 19 heavy (non-hydrogen) atoms. The molecule has 1 fully saturated rings. The molecule has 0 radical (unpaired) electrons. The number of hydrogen-bond acceptors (Lipinski definition) is 3. The first kappa shape index (κ1) is 6.72. The number of likely N-dealkylation sites (tertiary alicyclic amines) is 1. The molecule has 1 heterocycles. The van der Waals surface area contributed by atoms with Crippen LogP contribution in [0.3, 0.4) is 0 Å². The minimum atomic E-state index is -5.05. The molecule has 0 amide bonds. The van der Waals surface area contributed by atoms with E-state index in [1.165, 1.54) is 0 Å². The van der Waals surface area contributed by atoms with E-state index >= 15 is 0 Å². The molecule has 1 aromatic rings. The molecule has 1 aliphatic rings. The highest BCUT2D eigenvalue weighted by atomic mass is 32.2. The summed E-state index contributed by atoms with van der Waals surface area (Å²) < 4.78 is 95.1. The molecule has 1 saturated heterocycles. The van der Waals surface area contributed by atoms with Gasteiger partial charge < -0.3 is 4.90 Å². The van der Waals surface area contributed by atoms with Gasteiger partial charge in [-0.3, -0.25) is 0 Å². The van der Waals surface area contributed by atoms with E-state index in [-0.39, 0.29) is 18.5 Å². The molecule has 1 atom stereocenters. The Morgan fingerprint density at radius 3 is 3.16 bits per heavy atom. The molecule has 1 aliphatic heterocycles. The highest BCUT2D eigenvalue weighted by Gasteiger charge is 2.21. The predicted molar refractivity (Wildman–Crippen MR) is 78.3 cm³/mol. The lowest BCUT2D eigenvalue weighted by molar-refractivity contribution is 0.208. The Morgan fingerprint density at radius 1 is 1.58 bits per heavy atom. The molecule has 0 saturated carbocycles. The van der Waals surface area contributed by atoms with Crippen molar-refractivity contribution in [3.63, 3.8) is 0 Å². The lowest BCUT2D eigenvalue weighted by atomic mass is 9.90. The quantitative estimate of drug-likeness (QED) is 0.855. The highest BCUT2D eigenvalue weighted by Crippen LogP contribution is 2.28. The summed E-state index contributed by atoms with van der Waals surface area (Å²) in [7, 11) is -5.05. The first-order chi connectivity index (χ1) is 12.7. The van der Waals surface area contributed by atoms with Crippen LogP contribution < -0.4 is 0 Å². The van der Waals surface area contributed by atoms with Gasteiger partial charge in [-0.1, -0.05) is 19.0 Å². The van der Waals surface area contributed by atoms with Gasteiger partial charge in [0.05, 0.1) is 10.4 Å². The lowest BCUT2D eigenvalue weighted by Gasteiger charge is -2.32. The van der Waals surface area contributed by atoms with Gasteiger partial charge in [0.15, 0.2) is 9.84 Å². The van der Waals surface area contributed by atoms with Gasteiger partial charge in [-0.05, 0) is 55.9 Å². The minimum Gasteiger partial charge on any atom is -0.303 e. The van der Waals surface area contributed by atoms with Crippen LogP contribution in [-0.4, -0.2) is 39.1 Å². The average molecular weight is 290 g/mol. The van der Waals surface area contributed by atoms with E-state index in [4.69, 9.17) is 12.3 Å². The molecule has 2 rings (SSSR count). The van der Waals surface area contributed by atoms with Crippen LogP contribution in [0.4, 0.5) is 0 Å². The van der Waals surface area contributed by atoms with E-state index in [1.54, 1.807) is 11.8 Å². The molecule has 0 bridgehead atoms. The number of rotatable bonds is 4. The van der Waals surface area contributed by atoms with Crippen LogP contribution in [0.1, 0.15) is 50.0 Å². The van der Waals surface area contributed by atoms with Crippen molar-refractivity contribution in [3.05, 3.63) is 29.7 Å². The Balaban J connectivity index is 2.67. The Labute approximate surface area is 129 Å². The van der Waals surface area contributed by atoms with Gasteiger partial charge in [0.25, 0.3) is 0 Å². The van der Waals surface area contributed by atoms with Crippen molar-refractivity contribution in [2.45, 2.75) is 37.0 Å². The first-order valence-corrected chi connectivity index (χ1v) is 7.75. The van der Waals surface area contributed by atoms with E-state index < -0.39 is 57.5 Å². The van der Waals surface area contributed by atoms with Crippen molar-refractivity contribution in [2.75, 3.05) is 25.8 Å². The molecule has 0 unspecified atom stereocenters. The summed E-state index contributed by atoms with van der Waals surface area (Å²) >= 11 is 0. The summed E-state index contributed by atoms with van der Waals surface area (Å²) in [4.78, 5) is 0.495. The third kappa shape index (κ3) is 3.80. The maximum Gasteiger partial charge on any atom is 0.175 e. The minimum absolute atomic E-state index is 0.111. The zero-order valence-electron chi connectivity index (χ0n) is 19.8. The van der Waals surface area contributed by atoms with Crippen LogP contribution >= 0.6 is 0 Å². The monoisotopic (exact) mass is 290 g/mol. The molecule has 0 spiro atoms. The summed E-state index contributed by atoms with van der Waals surface area (Å²) in [6, 6.07) is -2.94. The summed E-state index contributed by atoms with van der Waals surface area (Å²) in [5.41, 5.74) is -0.111. The fourth-order valence-electron chi connectivity index (χ4n) is 2.26. The fourth-order valence-corrected chi connectivity index (χ4v) is 2.69. The van der Waals surface area contributed by atoms with Crippen molar-refractivity contribution in [3.8, 4) is 0 Å². The van der Waals surface area contributed by atoms with Crippen LogP contribution in [0.2, 0.25) is 0 Å². The maximum atomic E-state index is 12.4. The van der Waals surface area contributed by atoms with Gasteiger partial charge in [0, 0.05) is 19.6 Å². The molecular weight excluding hydrogens is 258 g/mol. The van der Waals surface area contributed by atoms with Gasteiger partial charge in [-0.25, -0.2) is 8.42 Å². The molecule has 0 N–H and O–H groups in total. The second-order valence-electron chi connectivity index (χ2n) is 4.54. The van der Waals surface area contributed by atoms with Crippen LogP contribution in [0.15, 0.2) is 29.1 Å². The van der Waals surface area contributed by atoms with Crippen LogP contribution in [-0.2, 0) is 9.84 Å². The Hall–Kier alpha value is -0.870. The zero-order valence-corrected chi connectivity index (χ0v) is 11.6. The second-order valence-corrected chi connectivity index (χ2v) is 5.96. The summed E-state index contributed by atoms with van der Waals surface area (Å²) in [6.45, 7) is 0.647. The van der Waals surface area contributed by atoms with Crippen molar-refractivity contribution in [1.82, 2.24) is 4.90 Å². The first-order valence-electron chi connectivity index (χ1n) is 10.8. The Morgan fingerprint density at radius 2 is 2.42 bits per heavy atom. The highest BCUT2D eigenvalue weighted by molar-refractivity contribution is 7.90. The number of piperidine rings is 1. The topological polar surface area (TPSA) is 37.4 Å². The zero-order chi connectivity index (χ0) is 21.7. The lowest BCUT2D eigenvalue weighted by Crippen LogP contribution is -2.34. The molecule has 106 valence electrons. The summed E-state index contributed by atoms with van der Waals surface area (Å²) in [5.74, 6) is -0.606. The SMILES string of the molecule is [2H]c1c([2H])c([C@H]2CCCN(C([2H])([2H])CC)C2)c([2H])c(S(=O)(=O)C([2H])([2H])[2H])c1[2H]. The van der Waals surface area contributed by atoms with Crippen LogP contribution in [0.25, 0.3) is 0 Å². The summed E-state index contributed by atoms with van der Waals surface area (Å²) in [6.07, 6.45) is -2.29. The largest absolute Gasteiger partial charge is 0.303 e. The van der Waals surface area contributed by atoms with Crippen molar-refractivity contribution in [2.24, 2.45) is 0 Å². The third-order valence-electron chi connectivity index (χ3n) is 3.10. The van der Waals surface area contributed by atoms with E-state index in [1.807, 2.05) is 0 Å². The maximum absolute atomic E-state index is 12.4. The molecule has 0 aliphatic carbocycles. The number of hydrogen-bond donors (Lipinski definition) is 0. The van der Waals surface area contributed by atoms with Gasteiger partial charge in [0.1, 0.15) is 0 Å². The number of benzene rings is 1. The van der Waals surface area contributed by atoms with Crippen molar-refractivity contribution < 1.29 is 20.8 Å². The van der Waals surface area contributed by atoms with Gasteiger partial charge in [0.2, 0.25) is 0 Å². The van der Waals surface area contributed by atoms with Crippen molar-refractivity contribution >= 4 is 9.84 Å². The van der Waals surface area contributed by atoms with Crippen LogP contribution in [0.5, 0.6) is 0 Å². The molecule has 1 aromatic carbocycles. The van der Waals surface area contributed by atoms with E-state index in [0.717, 1.165) is 0 Å². The fraction of sp³-hybridized carbons (Fsp3) is 0.600. The number of nitrogens with zero attached hydrogens (tertiary/aromatic N) is 1.